The molecule has 0 aliphatic rings. The third-order valence-corrected chi connectivity index (χ3v) is 2.13. The van der Waals surface area contributed by atoms with Gasteiger partial charge in [-0.15, -0.1) is 0 Å². The van der Waals surface area contributed by atoms with E-state index in [-0.39, 0.29) is 6.54 Å². The smallest absolute Gasteiger partial charge is 0.324 e. The summed E-state index contributed by atoms with van der Waals surface area (Å²) in [5.74, 6) is 4.63. The highest BCUT2D eigenvalue weighted by Gasteiger charge is 2.06. The van der Waals surface area contributed by atoms with Crippen molar-refractivity contribution in [3.05, 3.63) is 29.3 Å². The molecule has 0 saturated heterocycles. The Morgan fingerprint density at radius 2 is 2.07 bits per heavy atom. The molecule has 0 spiro atoms. The molecule has 4 nitrogen and oxygen atoms in total. The van der Waals surface area contributed by atoms with Crippen LogP contribution in [0.2, 0.25) is 0 Å². The van der Waals surface area contributed by atoms with Crippen molar-refractivity contribution in [2.45, 2.75) is 13.8 Å². The third kappa shape index (κ3) is 2.47. The van der Waals surface area contributed by atoms with Crippen molar-refractivity contribution in [2.75, 3.05) is 11.6 Å². The number of aliphatic carboxylic acids is 1. The number of hydrazine groups is 1. The summed E-state index contributed by atoms with van der Waals surface area (Å²) in [5.41, 5.74) is 2.98. The molecule has 1 rings (SSSR count). The SMILES string of the molecule is Cc1ccc(N(N)CC(=O)O)cc1C. The zero-order chi connectivity index (χ0) is 10.7. The molecule has 76 valence electrons. The van der Waals surface area contributed by atoms with Gasteiger partial charge in [-0.1, -0.05) is 6.07 Å². The highest BCUT2D eigenvalue weighted by Crippen LogP contribution is 2.16. The van der Waals surface area contributed by atoms with Crippen LogP contribution in [0.5, 0.6) is 0 Å². The van der Waals surface area contributed by atoms with E-state index in [9.17, 15) is 4.79 Å². The van der Waals surface area contributed by atoms with Gasteiger partial charge in [0, 0.05) is 0 Å². The van der Waals surface area contributed by atoms with Gasteiger partial charge in [-0.3, -0.25) is 9.80 Å². The minimum Gasteiger partial charge on any atom is -0.480 e. The average Bonchev–Trinajstić information content (AvgIpc) is 2.08. The molecule has 0 fully saturated rings. The number of hydrogen-bond acceptors (Lipinski definition) is 3. The lowest BCUT2D eigenvalue weighted by Crippen LogP contribution is -2.35. The van der Waals surface area contributed by atoms with Crippen molar-refractivity contribution in [1.29, 1.82) is 0 Å². The maximum Gasteiger partial charge on any atom is 0.324 e. The molecule has 0 aliphatic carbocycles. The minimum absolute atomic E-state index is 0.192. The van der Waals surface area contributed by atoms with Gasteiger partial charge in [0.2, 0.25) is 0 Å². The maximum atomic E-state index is 10.4. The largest absolute Gasteiger partial charge is 0.480 e. The average molecular weight is 194 g/mol. The van der Waals surface area contributed by atoms with Crippen LogP contribution in [0.15, 0.2) is 18.2 Å². The first-order chi connectivity index (χ1) is 6.50. The van der Waals surface area contributed by atoms with E-state index in [1.807, 2.05) is 32.0 Å². The number of carboxylic acids is 1. The van der Waals surface area contributed by atoms with Gasteiger partial charge in [0.15, 0.2) is 0 Å². The quantitative estimate of drug-likeness (QED) is 0.558. The fraction of sp³-hybridized carbons (Fsp3) is 0.300. The zero-order valence-corrected chi connectivity index (χ0v) is 8.32. The lowest BCUT2D eigenvalue weighted by atomic mass is 10.1. The number of benzene rings is 1. The van der Waals surface area contributed by atoms with E-state index in [4.69, 9.17) is 10.9 Å². The van der Waals surface area contributed by atoms with Crippen LogP contribution in [0.25, 0.3) is 0 Å². The van der Waals surface area contributed by atoms with E-state index < -0.39 is 5.97 Å². The molecule has 4 heteroatoms. The summed E-state index contributed by atoms with van der Waals surface area (Å²) in [5, 5.41) is 9.76. The monoisotopic (exact) mass is 194 g/mol. The topological polar surface area (TPSA) is 66.6 Å². The normalized spacial score (nSPS) is 9.93. The standard InChI is InChI=1S/C10H14N2O2/c1-7-3-4-9(5-8(7)2)12(11)6-10(13)14/h3-5H,6,11H2,1-2H3,(H,13,14). The van der Waals surface area contributed by atoms with Crippen molar-refractivity contribution < 1.29 is 9.90 Å². The maximum absolute atomic E-state index is 10.4. The van der Waals surface area contributed by atoms with E-state index >= 15 is 0 Å². The van der Waals surface area contributed by atoms with Crippen LogP contribution >= 0.6 is 0 Å². The zero-order valence-electron chi connectivity index (χ0n) is 8.32. The molecule has 0 radical (unpaired) electrons. The lowest BCUT2D eigenvalue weighted by Gasteiger charge is -2.17. The lowest BCUT2D eigenvalue weighted by molar-refractivity contribution is -0.135. The predicted octanol–water partition coefficient (Wildman–Crippen LogP) is 1.07. The Kier molecular flexibility index (Phi) is 3.09. The first-order valence-corrected chi connectivity index (χ1v) is 4.32. The summed E-state index contributed by atoms with van der Waals surface area (Å²) in [4.78, 5) is 10.4. The summed E-state index contributed by atoms with van der Waals surface area (Å²) in [6.45, 7) is 3.77. The highest BCUT2D eigenvalue weighted by atomic mass is 16.4. The second kappa shape index (κ2) is 4.11. The fourth-order valence-electron chi connectivity index (χ4n) is 1.14. The van der Waals surface area contributed by atoms with Crippen LogP contribution in [0, 0.1) is 13.8 Å². The van der Waals surface area contributed by atoms with E-state index in [0.29, 0.717) is 0 Å². The molecule has 14 heavy (non-hydrogen) atoms. The van der Waals surface area contributed by atoms with Crippen LogP contribution in [-0.4, -0.2) is 17.6 Å². The van der Waals surface area contributed by atoms with Gasteiger partial charge in [-0.05, 0) is 37.1 Å². The minimum atomic E-state index is -0.939. The summed E-state index contributed by atoms with van der Waals surface area (Å²) in [6.07, 6.45) is 0. The second-order valence-corrected chi connectivity index (χ2v) is 3.29. The van der Waals surface area contributed by atoms with Crippen LogP contribution in [0.4, 0.5) is 5.69 Å². The van der Waals surface area contributed by atoms with E-state index in [2.05, 4.69) is 0 Å². The van der Waals surface area contributed by atoms with Crippen LogP contribution in [0.1, 0.15) is 11.1 Å². The molecule has 0 heterocycles. The van der Waals surface area contributed by atoms with E-state index in [1.54, 1.807) is 0 Å². The van der Waals surface area contributed by atoms with Crippen molar-refractivity contribution in [1.82, 2.24) is 0 Å². The first-order valence-electron chi connectivity index (χ1n) is 4.32. The Morgan fingerprint density at radius 1 is 1.43 bits per heavy atom. The van der Waals surface area contributed by atoms with Crippen LogP contribution in [-0.2, 0) is 4.79 Å². The van der Waals surface area contributed by atoms with Crippen LogP contribution < -0.4 is 10.9 Å². The number of carbonyl (C=O) groups is 1. The summed E-state index contributed by atoms with van der Waals surface area (Å²) < 4.78 is 0. The van der Waals surface area contributed by atoms with E-state index in [0.717, 1.165) is 16.8 Å². The number of aryl methyl sites for hydroxylation is 2. The Balaban J connectivity index is 2.85. The van der Waals surface area contributed by atoms with Crippen molar-refractivity contribution in [3.63, 3.8) is 0 Å². The van der Waals surface area contributed by atoms with Gasteiger partial charge in [-0.25, -0.2) is 5.84 Å². The van der Waals surface area contributed by atoms with Gasteiger partial charge in [-0.2, -0.15) is 0 Å². The fourth-order valence-corrected chi connectivity index (χ4v) is 1.14. The van der Waals surface area contributed by atoms with Crippen molar-refractivity contribution in [2.24, 2.45) is 5.84 Å². The van der Waals surface area contributed by atoms with Crippen molar-refractivity contribution >= 4 is 11.7 Å². The molecule has 0 atom stereocenters. The predicted molar refractivity (Wildman–Crippen MR) is 55.1 cm³/mol. The summed E-state index contributed by atoms with van der Waals surface area (Å²) >= 11 is 0. The highest BCUT2D eigenvalue weighted by molar-refractivity contribution is 5.73. The molecule has 0 amide bonds. The van der Waals surface area contributed by atoms with Gasteiger partial charge < -0.3 is 5.11 Å². The summed E-state index contributed by atoms with van der Waals surface area (Å²) in [6, 6.07) is 5.61. The van der Waals surface area contributed by atoms with Gasteiger partial charge >= 0.3 is 5.97 Å². The second-order valence-electron chi connectivity index (χ2n) is 3.29. The number of rotatable bonds is 3. The number of carboxylic acid groups (broad SMARTS) is 1. The molecule has 0 bridgehead atoms. The Hall–Kier alpha value is -1.55. The Morgan fingerprint density at radius 3 is 2.57 bits per heavy atom. The number of hydrogen-bond donors (Lipinski definition) is 2. The van der Waals surface area contributed by atoms with Gasteiger partial charge in [0.25, 0.3) is 0 Å². The number of nitrogens with zero attached hydrogens (tertiary/aromatic N) is 1. The van der Waals surface area contributed by atoms with Crippen LogP contribution in [0.3, 0.4) is 0 Å². The van der Waals surface area contributed by atoms with Gasteiger partial charge in [0.05, 0.1) is 5.69 Å². The van der Waals surface area contributed by atoms with E-state index in [1.165, 1.54) is 5.01 Å². The molecule has 0 aromatic heterocycles. The first kappa shape index (κ1) is 10.5. The molecular formula is C10H14N2O2. The summed E-state index contributed by atoms with van der Waals surface area (Å²) in [7, 11) is 0. The van der Waals surface area contributed by atoms with Gasteiger partial charge in [0.1, 0.15) is 6.54 Å². The number of anilines is 1. The van der Waals surface area contributed by atoms with Crippen molar-refractivity contribution in [3.8, 4) is 0 Å². The Bertz CT molecular complexity index is 350. The Labute approximate surface area is 82.9 Å². The molecule has 0 unspecified atom stereocenters. The molecule has 1 aromatic carbocycles. The molecular weight excluding hydrogens is 180 g/mol. The molecule has 0 saturated carbocycles. The number of nitrogens with two attached hydrogens (primary N) is 1. The molecule has 1 aromatic rings. The molecule has 3 N–H and O–H groups in total. The molecule has 0 aliphatic heterocycles. The third-order valence-electron chi connectivity index (χ3n) is 2.13.